The molecule has 0 aliphatic heterocycles. The molecule has 0 heterocycles. The molecule has 0 saturated heterocycles. The molecule has 0 fully saturated rings. The molecule has 0 aromatic heterocycles. The van der Waals surface area contributed by atoms with Gasteiger partial charge in [-0.1, -0.05) is 26.0 Å². The Kier molecular flexibility index (Phi) is 5.83. The summed E-state index contributed by atoms with van der Waals surface area (Å²) in [4.78, 5) is 11.8. The number of hydrogen-bond acceptors (Lipinski definition) is 4. The van der Waals surface area contributed by atoms with Gasteiger partial charge in [0.25, 0.3) is 0 Å². The molecule has 106 valence electrons. The van der Waals surface area contributed by atoms with Gasteiger partial charge in [-0.3, -0.25) is 0 Å². The molecule has 0 radical (unpaired) electrons. The molecule has 4 heteroatoms. The average Bonchev–Trinajstić information content (AvgIpc) is 2.45. The molecule has 1 rings (SSSR count). The van der Waals surface area contributed by atoms with Crippen LogP contribution in [0, 0.1) is 5.41 Å². The molecule has 0 aliphatic carbocycles. The number of carbonyl (C=O) groups is 1. The standard InChI is InChI=1S/C15H23NO3/c1-4-15(3,11-17)10-16-13-9-7-6-8-12(13)14(18)19-5-2/h6-9,16-17H,4-5,10-11H2,1-3H3. The third-order valence-corrected chi connectivity index (χ3v) is 3.36. The fourth-order valence-corrected chi connectivity index (χ4v) is 1.63. The summed E-state index contributed by atoms with van der Waals surface area (Å²) in [6, 6.07) is 7.26. The van der Waals surface area contributed by atoms with E-state index in [0.29, 0.717) is 18.7 Å². The number of para-hydroxylation sites is 1. The minimum absolute atomic E-state index is 0.109. The number of rotatable bonds is 7. The van der Waals surface area contributed by atoms with Crippen LogP contribution in [0.15, 0.2) is 24.3 Å². The molecule has 1 atom stereocenters. The number of aliphatic hydroxyl groups excluding tert-OH is 1. The Morgan fingerprint density at radius 1 is 1.37 bits per heavy atom. The summed E-state index contributed by atoms with van der Waals surface area (Å²) in [5.74, 6) is -0.326. The first kappa shape index (κ1) is 15.5. The van der Waals surface area contributed by atoms with E-state index in [9.17, 15) is 9.90 Å². The number of ether oxygens (including phenoxy) is 1. The van der Waals surface area contributed by atoms with Crippen molar-refractivity contribution in [3.05, 3.63) is 29.8 Å². The summed E-state index contributed by atoms with van der Waals surface area (Å²) >= 11 is 0. The summed E-state index contributed by atoms with van der Waals surface area (Å²) in [5.41, 5.74) is 1.08. The number of carbonyl (C=O) groups excluding carboxylic acids is 1. The van der Waals surface area contributed by atoms with E-state index in [4.69, 9.17) is 4.74 Å². The first-order valence-electron chi connectivity index (χ1n) is 6.67. The van der Waals surface area contributed by atoms with Gasteiger partial charge in [0, 0.05) is 17.6 Å². The number of benzene rings is 1. The highest BCUT2D eigenvalue weighted by atomic mass is 16.5. The molecule has 0 amide bonds. The zero-order valence-electron chi connectivity index (χ0n) is 11.9. The number of esters is 1. The molecule has 0 aliphatic rings. The second kappa shape index (κ2) is 7.14. The van der Waals surface area contributed by atoms with Crippen LogP contribution in [0.2, 0.25) is 0 Å². The maximum atomic E-state index is 11.8. The Balaban J connectivity index is 2.81. The maximum absolute atomic E-state index is 11.8. The van der Waals surface area contributed by atoms with Gasteiger partial charge in [0.05, 0.1) is 18.8 Å². The maximum Gasteiger partial charge on any atom is 0.340 e. The lowest BCUT2D eigenvalue weighted by Gasteiger charge is -2.26. The molecule has 0 spiro atoms. The van der Waals surface area contributed by atoms with Crippen LogP contribution in [0.4, 0.5) is 5.69 Å². The number of nitrogens with one attached hydrogen (secondary N) is 1. The van der Waals surface area contributed by atoms with Gasteiger partial charge in [-0.05, 0) is 25.5 Å². The largest absolute Gasteiger partial charge is 0.462 e. The minimum Gasteiger partial charge on any atom is -0.462 e. The van der Waals surface area contributed by atoms with E-state index in [0.717, 1.165) is 12.1 Å². The van der Waals surface area contributed by atoms with E-state index < -0.39 is 0 Å². The van der Waals surface area contributed by atoms with Crippen molar-refractivity contribution in [3.8, 4) is 0 Å². The predicted octanol–water partition coefficient (Wildman–Crippen LogP) is 2.68. The lowest BCUT2D eigenvalue weighted by atomic mass is 9.88. The molecule has 1 aromatic carbocycles. The van der Waals surface area contributed by atoms with Crippen molar-refractivity contribution < 1.29 is 14.6 Å². The van der Waals surface area contributed by atoms with Crippen LogP contribution in [0.5, 0.6) is 0 Å². The first-order valence-corrected chi connectivity index (χ1v) is 6.67. The van der Waals surface area contributed by atoms with Crippen LogP contribution < -0.4 is 5.32 Å². The molecule has 0 saturated carbocycles. The van der Waals surface area contributed by atoms with Gasteiger partial charge in [-0.2, -0.15) is 0 Å². The third-order valence-electron chi connectivity index (χ3n) is 3.36. The second-order valence-corrected chi connectivity index (χ2v) is 4.94. The fourth-order valence-electron chi connectivity index (χ4n) is 1.63. The minimum atomic E-state index is -0.326. The van der Waals surface area contributed by atoms with Crippen molar-refractivity contribution in [2.24, 2.45) is 5.41 Å². The molecule has 1 aromatic rings. The molecule has 1 unspecified atom stereocenters. The number of hydrogen-bond donors (Lipinski definition) is 2. The zero-order valence-corrected chi connectivity index (χ0v) is 11.9. The van der Waals surface area contributed by atoms with E-state index >= 15 is 0 Å². The van der Waals surface area contributed by atoms with Crippen molar-refractivity contribution in [2.75, 3.05) is 25.1 Å². The van der Waals surface area contributed by atoms with Gasteiger partial charge in [-0.25, -0.2) is 4.79 Å². The van der Waals surface area contributed by atoms with Gasteiger partial charge >= 0.3 is 5.97 Å². The van der Waals surface area contributed by atoms with Crippen molar-refractivity contribution in [3.63, 3.8) is 0 Å². The van der Waals surface area contributed by atoms with Crippen molar-refractivity contribution >= 4 is 11.7 Å². The average molecular weight is 265 g/mol. The Morgan fingerprint density at radius 2 is 2.05 bits per heavy atom. The molecule has 19 heavy (non-hydrogen) atoms. The summed E-state index contributed by atoms with van der Waals surface area (Å²) in [5, 5.41) is 12.6. The molecule has 2 N–H and O–H groups in total. The zero-order chi connectivity index (χ0) is 14.3. The van der Waals surface area contributed by atoms with Gasteiger partial charge in [-0.15, -0.1) is 0 Å². The van der Waals surface area contributed by atoms with Crippen molar-refractivity contribution in [1.29, 1.82) is 0 Å². The SMILES string of the molecule is CCOC(=O)c1ccccc1NCC(C)(CC)CO. The summed E-state index contributed by atoms with van der Waals surface area (Å²) in [7, 11) is 0. The highest BCUT2D eigenvalue weighted by molar-refractivity contribution is 5.95. The van der Waals surface area contributed by atoms with E-state index in [1.165, 1.54) is 0 Å². The second-order valence-electron chi connectivity index (χ2n) is 4.94. The van der Waals surface area contributed by atoms with Gasteiger partial charge in [0.1, 0.15) is 0 Å². The lowest BCUT2D eigenvalue weighted by molar-refractivity contribution is 0.0527. The molecular formula is C15H23NO3. The quantitative estimate of drug-likeness (QED) is 0.744. The van der Waals surface area contributed by atoms with Crippen molar-refractivity contribution in [1.82, 2.24) is 0 Å². The lowest BCUT2D eigenvalue weighted by Crippen LogP contribution is -2.30. The Hall–Kier alpha value is -1.55. The topological polar surface area (TPSA) is 58.6 Å². The summed E-state index contributed by atoms with van der Waals surface area (Å²) in [6.07, 6.45) is 0.859. The third kappa shape index (κ3) is 4.24. The van der Waals surface area contributed by atoms with Gasteiger partial charge < -0.3 is 15.2 Å². The van der Waals surface area contributed by atoms with Gasteiger partial charge in [0.15, 0.2) is 0 Å². The predicted molar refractivity (Wildman–Crippen MR) is 76.4 cm³/mol. The highest BCUT2D eigenvalue weighted by Gasteiger charge is 2.21. The van der Waals surface area contributed by atoms with Gasteiger partial charge in [0.2, 0.25) is 0 Å². The number of aliphatic hydroxyl groups is 1. The monoisotopic (exact) mass is 265 g/mol. The van der Waals surface area contributed by atoms with Crippen molar-refractivity contribution in [2.45, 2.75) is 27.2 Å². The summed E-state index contributed by atoms with van der Waals surface area (Å²) < 4.78 is 5.02. The van der Waals surface area contributed by atoms with E-state index in [-0.39, 0.29) is 18.0 Å². The Bertz CT molecular complexity index is 414. The van der Waals surface area contributed by atoms with E-state index in [1.807, 2.05) is 32.0 Å². The molecule has 0 bridgehead atoms. The molecular weight excluding hydrogens is 242 g/mol. The van der Waals surface area contributed by atoms with E-state index in [2.05, 4.69) is 5.32 Å². The van der Waals surface area contributed by atoms with Crippen LogP contribution in [-0.4, -0.2) is 30.8 Å². The highest BCUT2D eigenvalue weighted by Crippen LogP contribution is 2.23. The number of anilines is 1. The first-order chi connectivity index (χ1) is 9.06. The smallest absolute Gasteiger partial charge is 0.340 e. The Labute approximate surface area is 114 Å². The Morgan fingerprint density at radius 3 is 2.63 bits per heavy atom. The van der Waals surface area contributed by atoms with Crippen LogP contribution in [0.25, 0.3) is 0 Å². The molecule has 4 nitrogen and oxygen atoms in total. The van der Waals surface area contributed by atoms with Crippen LogP contribution >= 0.6 is 0 Å². The van der Waals surface area contributed by atoms with E-state index in [1.54, 1.807) is 13.0 Å². The van der Waals surface area contributed by atoms with Crippen LogP contribution in [0.3, 0.4) is 0 Å². The van der Waals surface area contributed by atoms with Crippen LogP contribution in [-0.2, 0) is 4.74 Å². The normalized spacial score (nSPS) is 13.7. The van der Waals surface area contributed by atoms with Crippen LogP contribution in [0.1, 0.15) is 37.6 Å². The summed E-state index contributed by atoms with van der Waals surface area (Å²) in [6.45, 7) is 6.90. The fraction of sp³-hybridized carbons (Fsp3) is 0.533.